The number of aryl methyl sites for hydroxylation is 3. The van der Waals surface area contributed by atoms with E-state index in [1.807, 2.05) is 20.8 Å². The SMILES string of the molecule is Cc1ccc(S(=O)(=O)N2CCN(S(=O)(=O)c3ccc(C)cc3)CC(Cc3ccc([N+](=O)[O-])cc3)N(S(=O)(=O)c3ccc(C)cc3)Cc3cccc(n3)C2)cc1. The van der Waals surface area contributed by atoms with Gasteiger partial charge in [-0.05, 0) is 81.3 Å². The van der Waals surface area contributed by atoms with E-state index in [0.717, 1.165) is 21.0 Å². The van der Waals surface area contributed by atoms with E-state index in [4.69, 9.17) is 4.98 Å². The Hall–Kier alpha value is -4.84. The van der Waals surface area contributed by atoms with Gasteiger partial charge >= 0.3 is 0 Å². The highest BCUT2D eigenvalue weighted by Gasteiger charge is 2.38. The number of nitrogens with zero attached hydrogens (tertiary/aromatic N) is 5. The minimum absolute atomic E-state index is 0.0154. The van der Waals surface area contributed by atoms with Gasteiger partial charge in [-0.15, -0.1) is 0 Å². The molecule has 0 fully saturated rings. The van der Waals surface area contributed by atoms with Gasteiger partial charge in [0.2, 0.25) is 30.1 Å². The van der Waals surface area contributed by atoms with Gasteiger partial charge in [-0.2, -0.15) is 12.9 Å². The van der Waals surface area contributed by atoms with Crippen molar-refractivity contribution in [2.24, 2.45) is 0 Å². The lowest BCUT2D eigenvalue weighted by Gasteiger charge is -2.36. The van der Waals surface area contributed by atoms with Crippen LogP contribution >= 0.6 is 0 Å². The zero-order valence-corrected chi connectivity index (χ0v) is 33.0. The lowest BCUT2D eigenvalue weighted by molar-refractivity contribution is -0.384. The van der Waals surface area contributed by atoms with Gasteiger partial charge in [0, 0.05) is 37.8 Å². The van der Waals surface area contributed by atoms with E-state index in [1.165, 1.54) is 69.3 Å². The van der Waals surface area contributed by atoms with Gasteiger partial charge in [0.15, 0.2) is 0 Å². The molecule has 0 radical (unpaired) electrons. The number of aromatic nitrogens is 1. The Balaban J connectivity index is 1.54. The molecular formula is C39H41N5O8S3. The number of hydrogen-bond acceptors (Lipinski definition) is 9. The number of non-ortho nitro benzene ring substituents is 1. The minimum atomic E-state index is -4.37. The van der Waals surface area contributed by atoms with Gasteiger partial charge in [-0.3, -0.25) is 15.1 Å². The number of hydrogen-bond donors (Lipinski definition) is 0. The molecule has 0 aliphatic carbocycles. The van der Waals surface area contributed by atoms with Crippen LogP contribution < -0.4 is 0 Å². The average molecular weight is 804 g/mol. The maximum atomic E-state index is 14.7. The van der Waals surface area contributed by atoms with Crippen LogP contribution in [0.1, 0.15) is 33.6 Å². The first-order valence-corrected chi connectivity index (χ1v) is 21.8. The summed E-state index contributed by atoms with van der Waals surface area (Å²) in [7, 11) is -12.9. The molecule has 2 heterocycles. The van der Waals surface area contributed by atoms with Crippen molar-refractivity contribution < 1.29 is 30.2 Å². The lowest BCUT2D eigenvalue weighted by atomic mass is 10.0. The number of fused-ring (bicyclic) bond motifs is 2. The third-order valence-electron chi connectivity index (χ3n) is 9.50. The van der Waals surface area contributed by atoms with Crippen LogP contribution in [0.3, 0.4) is 0 Å². The molecule has 16 heteroatoms. The van der Waals surface area contributed by atoms with Crippen LogP contribution in [0, 0.1) is 30.9 Å². The highest BCUT2D eigenvalue weighted by molar-refractivity contribution is 7.89. The molecule has 0 saturated heterocycles. The largest absolute Gasteiger partial charge is 0.269 e. The predicted octanol–water partition coefficient (Wildman–Crippen LogP) is 5.61. The van der Waals surface area contributed by atoms with E-state index in [1.54, 1.807) is 54.6 Å². The van der Waals surface area contributed by atoms with Gasteiger partial charge in [0.05, 0.1) is 44.1 Å². The smallest absolute Gasteiger partial charge is 0.258 e. The van der Waals surface area contributed by atoms with Gasteiger partial charge in [-0.1, -0.05) is 71.3 Å². The van der Waals surface area contributed by atoms with Crippen LogP contribution in [0.2, 0.25) is 0 Å². The normalized spacial score (nSPS) is 16.9. The third-order valence-corrected chi connectivity index (χ3v) is 15.2. The standard InChI is InChI=1S/C39H41N5O8S3/c1-29-7-17-37(18-8-29)53(47,48)41-23-24-42(54(49,50)38-19-9-30(2)10-20-38)28-36(25-32-13-15-35(16-14-32)44(45)46)43(27-34-6-4-5-33(26-41)40-34)55(51,52)39-21-11-31(3)12-22-39/h4-22,36H,23-28H2,1-3H3. The second kappa shape index (κ2) is 16.1. The second-order valence-electron chi connectivity index (χ2n) is 13.6. The van der Waals surface area contributed by atoms with E-state index in [9.17, 15) is 35.4 Å². The van der Waals surface area contributed by atoms with E-state index in [2.05, 4.69) is 0 Å². The molecule has 1 aliphatic rings. The van der Waals surface area contributed by atoms with E-state index >= 15 is 0 Å². The number of nitro benzene ring substituents is 1. The molecule has 1 unspecified atom stereocenters. The van der Waals surface area contributed by atoms with Crippen molar-refractivity contribution in [3.8, 4) is 0 Å². The summed E-state index contributed by atoms with van der Waals surface area (Å²) in [6.07, 6.45) is -0.0475. The van der Waals surface area contributed by atoms with Gasteiger partial charge in [0.25, 0.3) is 5.69 Å². The molecule has 2 bridgehead atoms. The molecule has 0 amide bonds. The fourth-order valence-corrected chi connectivity index (χ4v) is 10.8. The van der Waals surface area contributed by atoms with Crippen molar-refractivity contribution in [3.63, 3.8) is 0 Å². The van der Waals surface area contributed by atoms with Crippen LogP contribution in [0.25, 0.3) is 0 Å². The minimum Gasteiger partial charge on any atom is -0.258 e. The fraction of sp³-hybridized carbons (Fsp3) is 0.256. The summed E-state index contributed by atoms with van der Waals surface area (Å²) in [5.41, 5.74) is 3.52. The molecule has 0 N–H and O–H groups in total. The molecule has 6 rings (SSSR count). The van der Waals surface area contributed by atoms with Crippen molar-refractivity contribution in [1.82, 2.24) is 17.9 Å². The summed E-state index contributed by atoms with van der Waals surface area (Å²) in [4.78, 5) is 15.6. The van der Waals surface area contributed by atoms with Gasteiger partial charge in [0.1, 0.15) is 0 Å². The quantitative estimate of drug-likeness (QED) is 0.136. The molecular weight excluding hydrogens is 763 g/mol. The van der Waals surface area contributed by atoms with E-state index in [0.29, 0.717) is 17.0 Å². The Morgan fingerprint density at radius 1 is 0.600 bits per heavy atom. The van der Waals surface area contributed by atoms with Crippen LogP contribution in [0.4, 0.5) is 5.69 Å². The molecule has 55 heavy (non-hydrogen) atoms. The van der Waals surface area contributed by atoms with Crippen molar-refractivity contribution in [3.05, 3.63) is 159 Å². The molecule has 5 aromatic rings. The first-order chi connectivity index (χ1) is 26.0. The molecule has 1 atom stereocenters. The lowest BCUT2D eigenvalue weighted by Crippen LogP contribution is -2.51. The molecule has 0 spiro atoms. The second-order valence-corrected chi connectivity index (χ2v) is 19.4. The maximum Gasteiger partial charge on any atom is 0.269 e. The number of nitro groups is 1. The van der Waals surface area contributed by atoms with Crippen molar-refractivity contribution >= 4 is 35.8 Å². The van der Waals surface area contributed by atoms with Crippen LogP contribution in [-0.2, 0) is 49.6 Å². The maximum absolute atomic E-state index is 14.7. The van der Waals surface area contributed by atoms with Gasteiger partial charge in [-0.25, -0.2) is 25.3 Å². The number of rotatable bonds is 9. The van der Waals surface area contributed by atoms with E-state index < -0.39 is 47.6 Å². The van der Waals surface area contributed by atoms with Crippen molar-refractivity contribution in [2.75, 3.05) is 19.6 Å². The van der Waals surface area contributed by atoms with Crippen LogP contribution in [-0.4, -0.2) is 73.8 Å². The van der Waals surface area contributed by atoms with E-state index in [-0.39, 0.29) is 53.0 Å². The Bertz CT molecular complexity index is 2500. The number of pyridine rings is 1. The summed E-state index contributed by atoms with van der Waals surface area (Å²) in [6.45, 7) is 3.97. The zero-order chi connectivity index (χ0) is 39.5. The topological polar surface area (TPSA) is 168 Å². The highest BCUT2D eigenvalue weighted by Crippen LogP contribution is 2.28. The van der Waals surface area contributed by atoms with Crippen molar-refractivity contribution in [1.29, 1.82) is 0 Å². The molecule has 1 aliphatic heterocycles. The fourth-order valence-electron chi connectivity index (χ4n) is 6.36. The summed E-state index contributed by atoms with van der Waals surface area (Å²) >= 11 is 0. The number of benzene rings is 4. The Labute approximate surface area is 322 Å². The summed E-state index contributed by atoms with van der Waals surface area (Å²) < 4.78 is 90.7. The summed E-state index contributed by atoms with van der Waals surface area (Å²) in [6, 6.07) is 28.4. The summed E-state index contributed by atoms with van der Waals surface area (Å²) in [5.74, 6) is 0. The Morgan fingerprint density at radius 3 is 1.53 bits per heavy atom. The summed E-state index contributed by atoms with van der Waals surface area (Å²) in [5, 5.41) is 11.5. The monoisotopic (exact) mass is 803 g/mol. The Morgan fingerprint density at radius 2 is 1.04 bits per heavy atom. The average Bonchev–Trinajstić information content (AvgIpc) is 3.15. The molecule has 13 nitrogen and oxygen atoms in total. The van der Waals surface area contributed by atoms with Crippen LogP contribution in [0.5, 0.6) is 0 Å². The third kappa shape index (κ3) is 9.01. The number of sulfonamides is 3. The predicted molar refractivity (Wildman–Crippen MR) is 207 cm³/mol. The van der Waals surface area contributed by atoms with Crippen LogP contribution in [0.15, 0.2) is 130 Å². The molecule has 0 saturated carbocycles. The zero-order valence-electron chi connectivity index (χ0n) is 30.5. The van der Waals surface area contributed by atoms with Gasteiger partial charge < -0.3 is 0 Å². The highest BCUT2D eigenvalue weighted by atomic mass is 32.2. The molecule has 1 aromatic heterocycles. The molecule has 288 valence electrons. The first-order valence-electron chi connectivity index (χ1n) is 17.4. The Kier molecular flexibility index (Phi) is 11.7. The molecule has 4 aromatic carbocycles. The van der Waals surface area contributed by atoms with Crippen molar-refractivity contribution in [2.45, 2.75) is 61.0 Å². The first kappa shape index (κ1) is 39.8.